The van der Waals surface area contributed by atoms with E-state index in [1.807, 2.05) is 0 Å². The first-order chi connectivity index (χ1) is 4.92. The van der Waals surface area contributed by atoms with E-state index in [1.165, 1.54) is 13.6 Å². The first-order valence-electron chi connectivity index (χ1n) is 3.02. The molecule has 0 fully saturated rings. The molecule has 2 N–H and O–H groups in total. The maximum absolute atomic E-state index is 10.2. The van der Waals surface area contributed by atoms with Crippen LogP contribution in [0.5, 0.6) is 0 Å². The third-order valence-corrected chi connectivity index (χ3v) is 1.40. The molecule has 0 rings (SSSR count). The lowest BCUT2D eigenvalue weighted by Crippen LogP contribution is -2.07. The Bertz CT molecular complexity index is 129. The van der Waals surface area contributed by atoms with E-state index in [4.69, 9.17) is 9.79 Å². The highest BCUT2D eigenvalue weighted by atomic mass is 31.2. The topological polar surface area (TPSA) is 76.0 Å². The zero-order valence-corrected chi connectivity index (χ0v) is 7.38. The smallest absolute Gasteiger partial charge is 0.403 e. The maximum Gasteiger partial charge on any atom is 0.403 e. The molecule has 66 valence electrons. The Morgan fingerprint density at radius 1 is 1.45 bits per heavy atom. The minimum Gasteiger partial charge on any atom is -0.463 e. The van der Waals surface area contributed by atoms with Gasteiger partial charge in [-0.3, -0.25) is 4.79 Å². The number of esters is 1. The van der Waals surface area contributed by atoms with Crippen molar-refractivity contribution in [1.29, 1.82) is 0 Å². The van der Waals surface area contributed by atoms with Crippen molar-refractivity contribution in [3.8, 4) is 0 Å². The van der Waals surface area contributed by atoms with Gasteiger partial charge in [-0.15, -0.1) is 0 Å². The van der Waals surface area contributed by atoms with Crippen molar-refractivity contribution in [2.45, 2.75) is 6.92 Å². The minimum atomic E-state index is -3.17. The number of hydrogen-bond acceptors (Lipinski definition) is 5. The molecular formula is C5H12O5P+. The Labute approximate surface area is 65.5 Å². The van der Waals surface area contributed by atoms with Gasteiger partial charge in [-0.2, -0.15) is 14.3 Å². The summed E-state index contributed by atoms with van der Waals surface area (Å²) in [6, 6.07) is 0. The third kappa shape index (κ3) is 9.78. The van der Waals surface area contributed by atoms with Crippen molar-refractivity contribution in [3.05, 3.63) is 0 Å². The lowest BCUT2D eigenvalue weighted by molar-refractivity contribution is -0.141. The molecular weight excluding hydrogens is 171 g/mol. The van der Waals surface area contributed by atoms with E-state index in [-0.39, 0.29) is 13.2 Å². The van der Waals surface area contributed by atoms with Gasteiger partial charge in [0.2, 0.25) is 0 Å². The van der Waals surface area contributed by atoms with Crippen LogP contribution in [0.15, 0.2) is 0 Å². The summed E-state index contributed by atoms with van der Waals surface area (Å²) >= 11 is 0. The molecule has 0 bridgehead atoms. The van der Waals surface area contributed by atoms with Crippen LogP contribution in [0.1, 0.15) is 6.92 Å². The summed E-state index contributed by atoms with van der Waals surface area (Å²) < 4.78 is 8.99. The van der Waals surface area contributed by atoms with Crippen molar-refractivity contribution in [1.82, 2.24) is 0 Å². The van der Waals surface area contributed by atoms with Gasteiger partial charge in [-0.1, -0.05) is 0 Å². The average molecular weight is 183 g/mol. The van der Waals surface area contributed by atoms with Crippen LogP contribution < -0.4 is 0 Å². The van der Waals surface area contributed by atoms with Gasteiger partial charge in [-0.05, 0) is 0 Å². The maximum atomic E-state index is 10.2. The minimum absolute atomic E-state index is 0.0108. The largest absolute Gasteiger partial charge is 0.463 e. The zero-order valence-electron chi connectivity index (χ0n) is 6.48. The predicted octanol–water partition coefficient (Wildman–Crippen LogP) is -0.0569. The summed E-state index contributed by atoms with van der Waals surface area (Å²) in [5.74, 6) is -0.412. The first-order valence-corrected chi connectivity index (χ1v) is 5.07. The fraction of sp³-hybridized carbons (Fsp3) is 0.800. The summed E-state index contributed by atoms with van der Waals surface area (Å²) in [5.41, 5.74) is 0. The molecule has 0 aromatic heterocycles. The van der Waals surface area contributed by atoms with Gasteiger partial charge in [0.05, 0.1) is 0 Å². The number of hydrogen-bond donors (Lipinski definition) is 2. The summed E-state index contributed by atoms with van der Waals surface area (Å²) in [7, 11) is -3.17. The van der Waals surface area contributed by atoms with Gasteiger partial charge >= 0.3 is 13.9 Å². The van der Waals surface area contributed by atoms with Gasteiger partial charge in [0, 0.05) is 6.92 Å². The molecule has 5 nitrogen and oxygen atoms in total. The van der Waals surface area contributed by atoms with E-state index in [1.54, 1.807) is 0 Å². The Kier molecular flexibility index (Phi) is 4.52. The van der Waals surface area contributed by atoms with E-state index in [0.29, 0.717) is 0 Å². The average Bonchev–Trinajstić information content (AvgIpc) is 1.78. The number of ether oxygens (including phenoxy) is 1. The van der Waals surface area contributed by atoms with Gasteiger partial charge in [0.25, 0.3) is 0 Å². The second-order valence-electron chi connectivity index (χ2n) is 2.01. The molecule has 0 aromatic carbocycles. The molecule has 0 spiro atoms. The highest BCUT2D eigenvalue weighted by Crippen LogP contribution is 2.45. The lowest BCUT2D eigenvalue weighted by atomic mass is 10.7. The highest BCUT2D eigenvalue weighted by Gasteiger charge is 2.26. The fourth-order valence-electron chi connectivity index (χ4n) is 0.396. The van der Waals surface area contributed by atoms with Gasteiger partial charge in [0.15, 0.2) is 0 Å². The molecule has 0 unspecified atom stereocenters. The summed E-state index contributed by atoms with van der Waals surface area (Å²) in [5, 5.41) is 0. The van der Waals surface area contributed by atoms with Gasteiger partial charge in [0.1, 0.15) is 19.9 Å². The molecule has 11 heavy (non-hydrogen) atoms. The van der Waals surface area contributed by atoms with Crippen LogP contribution >= 0.6 is 7.94 Å². The second-order valence-corrected chi connectivity index (χ2v) is 3.94. The number of rotatable bonds is 4. The van der Waals surface area contributed by atoms with Gasteiger partial charge in [-0.25, -0.2) is 0 Å². The molecule has 0 aliphatic carbocycles. The molecule has 0 aliphatic rings. The zero-order chi connectivity index (χ0) is 8.91. The van der Waals surface area contributed by atoms with Crippen LogP contribution in [0, 0.1) is 0 Å². The Hall–Kier alpha value is -0.220. The fourth-order valence-corrected chi connectivity index (χ4v) is 0.816. The van der Waals surface area contributed by atoms with E-state index < -0.39 is 13.9 Å². The highest BCUT2D eigenvalue weighted by molar-refractivity contribution is 7.58. The monoisotopic (exact) mass is 183 g/mol. The molecule has 0 saturated heterocycles. The SMILES string of the molecule is CC(=O)OCCO[P+](C)(O)O. The molecule has 0 aromatic rings. The molecule has 6 heteroatoms. The molecule has 0 radical (unpaired) electrons. The van der Waals surface area contributed by atoms with E-state index in [0.717, 1.165) is 0 Å². The normalized spacial score (nSPS) is 11.3. The van der Waals surface area contributed by atoms with Crippen molar-refractivity contribution in [3.63, 3.8) is 0 Å². The van der Waals surface area contributed by atoms with Crippen molar-refractivity contribution in [2.75, 3.05) is 19.9 Å². The summed E-state index contributed by atoms with van der Waals surface area (Å²) in [4.78, 5) is 27.5. The summed E-state index contributed by atoms with van der Waals surface area (Å²) in [6.07, 6.45) is 0. The molecule has 0 atom stereocenters. The molecule has 0 amide bonds. The van der Waals surface area contributed by atoms with E-state index in [9.17, 15) is 4.79 Å². The van der Waals surface area contributed by atoms with Crippen molar-refractivity contribution in [2.24, 2.45) is 0 Å². The summed E-state index contributed by atoms with van der Waals surface area (Å²) in [6.45, 7) is 2.51. The number of carbonyl (C=O) groups is 1. The van der Waals surface area contributed by atoms with Crippen LogP contribution in [-0.2, 0) is 14.1 Å². The quantitative estimate of drug-likeness (QED) is 0.363. The van der Waals surface area contributed by atoms with E-state index >= 15 is 0 Å². The first kappa shape index (κ1) is 10.8. The van der Waals surface area contributed by atoms with Crippen molar-refractivity contribution < 1.29 is 23.8 Å². The lowest BCUT2D eigenvalue weighted by Gasteiger charge is -2.05. The van der Waals surface area contributed by atoms with Crippen LogP contribution in [0.4, 0.5) is 0 Å². The number of carbonyl (C=O) groups excluding carboxylic acids is 1. The van der Waals surface area contributed by atoms with Crippen LogP contribution in [0.3, 0.4) is 0 Å². The molecule has 0 saturated carbocycles. The Morgan fingerprint density at radius 2 is 2.00 bits per heavy atom. The Morgan fingerprint density at radius 3 is 2.36 bits per heavy atom. The van der Waals surface area contributed by atoms with Crippen LogP contribution in [-0.4, -0.2) is 35.6 Å². The second kappa shape index (κ2) is 4.62. The van der Waals surface area contributed by atoms with Gasteiger partial charge < -0.3 is 4.74 Å². The standard InChI is InChI=1S/C5H12O5P/c1-5(6)9-3-4-10-11(2,7)8/h7-8H,3-4H2,1-2H3/q+1. The van der Waals surface area contributed by atoms with Crippen molar-refractivity contribution >= 4 is 13.9 Å². The molecule has 0 aliphatic heterocycles. The van der Waals surface area contributed by atoms with Crippen LogP contribution in [0.25, 0.3) is 0 Å². The van der Waals surface area contributed by atoms with E-state index in [2.05, 4.69) is 9.26 Å². The predicted molar refractivity (Wildman–Crippen MR) is 39.9 cm³/mol. The van der Waals surface area contributed by atoms with Crippen LogP contribution in [0.2, 0.25) is 0 Å². The Balaban J connectivity index is 3.22. The molecule has 0 heterocycles. The third-order valence-electron chi connectivity index (χ3n) is 0.725.